The van der Waals surface area contributed by atoms with Crippen LogP contribution in [0.15, 0.2) is 58.9 Å². The van der Waals surface area contributed by atoms with Crippen molar-refractivity contribution in [3.05, 3.63) is 58.9 Å². The fraction of sp³-hybridized carbons (Fsp3) is 0.412. The summed E-state index contributed by atoms with van der Waals surface area (Å²) in [6, 6.07) is 0. The molecule has 1 aliphatic heterocycles. The molecule has 18 heavy (non-hydrogen) atoms. The minimum absolute atomic E-state index is 0.274. The molecule has 0 spiro atoms. The van der Waals surface area contributed by atoms with Crippen LogP contribution in [0.25, 0.3) is 0 Å². The molecule has 2 unspecified atom stereocenters. The Balaban J connectivity index is 1.77. The lowest BCUT2D eigenvalue weighted by Crippen LogP contribution is -2.24. The summed E-state index contributed by atoms with van der Waals surface area (Å²) < 4.78 is 6.32. The third-order valence-electron chi connectivity index (χ3n) is 4.63. The summed E-state index contributed by atoms with van der Waals surface area (Å²) in [4.78, 5) is 0. The topological polar surface area (TPSA) is 9.23 Å². The van der Waals surface area contributed by atoms with Gasteiger partial charge in [0.1, 0.15) is 11.9 Å². The van der Waals surface area contributed by atoms with Crippen molar-refractivity contribution in [3.8, 4) is 0 Å². The average Bonchev–Trinajstić information content (AvgIpc) is 2.79. The molecule has 1 saturated heterocycles. The van der Waals surface area contributed by atoms with Crippen LogP contribution in [0.2, 0.25) is 0 Å². The molecule has 4 rings (SSSR count). The maximum atomic E-state index is 6.32. The first-order chi connectivity index (χ1) is 8.84. The summed E-state index contributed by atoms with van der Waals surface area (Å²) in [5, 5.41) is 0. The van der Waals surface area contributed by atoms with Crippen LogP contribution in [0.4, 0.5) is 0 Å². The molecule has 0 bridgehead atoms. The van der Waals surface area contributed by atoms with Gasteiger partial charge in [-0.05, 0) is 42.9 Å². The number of rotatable bonds is 0. The van der Waals surface area contributed by atoms with E-state index in [1.807, 2.05) is 0 Å². The molecular formula is C17H18O. The summed E-state index contributed by atoms with van der Waals surface area (Å²) in [5.41, 5.74) is 4.24. The molecule has 0 amide bonds. The SMILES string of the molecule is CC1=C2OC3C4=C(C=C[C@@H]3C2CC=C1)CCC=C4. The highest BCUT2D eigenvalue weighted by Gasteiger charge is 2.44. The van der Waals surface area contributed by atoms with Gasteiger partial charge in [0.15, 0.2) is 0 Å². The first-order valence-corrected chi connectivity index (χ1v) is 6.96. The van der Waals surface area contributed by atoms with E-state index < -0.39 is 0 Å². The predicted molar refractivity (Wildman–Crippen MR) is 72.9 cm³/mol. The van der Waals surface area contributed by atoms with Crippen molar-refractivity contribution in [2.45, 2.75) is 32.3 Å². The normalized spacial score (nSPS) is 36.4. The molecular weight excluding hydrogens is 220 g/mol. The van der Waals surface area contributed by atoms with Gasteiger partial charge in [0.05, 0.1) is 0 Å². The summed E-state index contributed by atoms with van der Waals surface area (Å²) in [7, 11) is 0. The zero-order valence-electron chi connectivity index (χ0n) is 10.7. The number of allylic oxidation sites excluding steroid dienone is 7. The van der Waals surface area contributed by atoms with E-state index in [9.17, 15) is 0 Å². The molecule has 0 aromatic carbocycles. The number of hydrogen-bond acceptors (Lipinski definition) is 1. The summed E-state index contributed by atoms with van der Waals surface area (Å²) in [6.07, 6.45) is 17.6. The molecule has 1 heterocycles. The summed E-state index contributed by atoms with van der Waals surface area (Å²) in [6.45, 7) is 2.17. The van der Waals surface area contributed by atoms with Gasteiger partial charge in [-0.15, -0.1) is 0 Å². The van der Waals surface area contributed by atoms with Crippen molar-refractivity contribution in [2.75, 3.05) is 0 Å². The van der Waals surface area contributed by atoms with Crippen molar-refractivity contribution in [1.82, 2.24) is 0 Å². The zero-order chi connectivity index (χ0) is 12.1. The molecule has 1 heteroatoms. The van der Waals surface area contributed by atoms with Gasteiger partial charge >= 0.3 is 0 Å². The fourth-order valence-electron chi connectivity index (χ4n) is 3.70. The highest BCUT2D eigenvalue weighted by molar-refractivity contribution is 5.46. The maximum absolute atomic E-state index is 6.32. The third-order valence-corrected chi connectivity index (χ3v) is 4.63. The molecule has 0 aromatic rings. The Morgan fingerprint density at radius 1 is 1.17 bits per heavy atom. The van der Waals surface area contributed by atoms with Crippen molar-refractivity contribution in [2.24, 2.45) is 11.8 Å². The van der Waals surface area contributed by atoms with Gasteiger partial charge in [-0.1, -0.05) is 36.5 Å². The second-order valence-electron chi connectivity index (χ2n) is 5.69. The summed E-state index contributed by atoms with van der Waals surface area (Å²) >= 11 is 0. The monoisotopic (exact) mass is 238 g/mol. The van der Waals surface area contributed by atoms with Crippen LogP contribution in [0, 0.1) is 11.8 Å². The fourth-order valence-corrected chi connectivity index (χ4v) is 3.70. The van der Waals surface area contributed by atoms with E-state index in [0.29, 0.717) is 11.8 Å². The smallest absolute Gasteiger partial charge is 0.130 e. The predicted octanol–water partition coefficient (Wildman–Crippen LogP) is 4.07. The van der Waals surface area contributed by atoms with Crippen molar-refractivity contribution >= 4 is 0 Å². The Kier molecular flexibility index (Phi) is 2.17. The van der Waals surface area contributed by atoms with Gasteiger partial charge in [0.2, 0.25) is 0 Å². The molecule has 0 saturated carbocycles. The highest BCUT2D eigenvalue weighted by Crippen LogP contribution is 2.48. The maximum Gasteiger partial charge on any atom is 0.130 e. The average molecular weight is 238 g/mol. The van der Waals surface area contributed by atoms with Crippen LogP contribution >= 0.6 is 0 Å². The van der Waals surface area contributed by atoms with Gasteiger partial charge in [0, 0.05) is 11.8 Å². The molecule has 0 radical (unpaired) electrons. The standard InChI is InChI=1S/C17H18O/c1-11-5-4-8-14-15-10-9-12-6-2-3-7-13(12)17(15)18-16(11)14/h3-5,7,9-10,14-15,17H,2,6,8H2,1H3/t14?,15-,17?/m1/s1. The lowest BCUT2D eigenvalue weighted by molar-refractivity contribution is 0.173. The lowest BCUT2D eigenvalue weighted by atomic mass is 9.76. The second kappa shape index (κ2) is 3.74. The Bertz CT molecular complexity index is 542. The first kappa shape index (κ1) is 10.4. The minimum Gasteiger partial charge on any atom is -0.489 e. The molecule has 3 atom stereocenters. The van der Waals surface area contributed by atoms with Crippen molar-refractivity contribution in [1.29, 1.82) is 0 Å². The van der Waals surface area contributed by atoms with Crippen LogP contribution in [-0.2, 0) is 4.74 Å². The van der Waals surface area contributed by atoms with Crippen molar-refractivity contribution < 1.29 is 4.74 Å². The van der Waals surface area contributed by atoms with E-state index >= 15 is 0 Å². The Morgan fingerprint density at radius 3 is 3.06 bits per heavy atom. The number of ether oxygens (including phenoxy) is 1. The Labute approximate surface area is 108 Å². The molecule has 0 N–H and O–H groups in total. The van der Waals surface area contributed by atoms with Gasteiger partial charge < -0.3 is 4.74 Å². The Hall–Kier alpha value is -1.50. The van der Waals surface area contributed by atoms with E-state index in [0.717, 1.165) is 6.42 Å². The number of fused-ring (bicyclic) bond motifs is 4. The summed E-state index contributed by atoms with van der Waals surface area (Å²) in [5.74, 6) is 2.35. The molecule has 1 nitrogen and oxygen atoms in total. The molecule has 4 aliphatic rings. The van der Waals surface area contributed by atoms with Gasteiger partial charge in [-0.2, -0.15) is 0 Å². The van der Waals surface area contributed by atoms with Crippen LogP contribution in [0.3, 0.4) is 0 Å². The minimum atomic E-state index is 0.274. The molecule has 3 aliphatic carbocycles. The van der Waals surface area contributed by atoms with E-state index in [1.54, 1.807) is 0 Å². The highest BCUT2D eigenvalue weighted by atomic mass is 16.5. The number of hydrogen-bond donors (Lipinski definition) is 0. The van der Waals surface area contributed by atoms with Gasteiger partial charge in [-0.3, -0.25) is 0 Å². The van der Waals surface area contributed by atoms with Crippen LogP contribution < -0.4 is 0 Å². The van der Waals surface area contributed by atoms with E-state index in [-0.39, 0.29) is 6.10 Å². The van der Waals surface area contributed by atoms with Crippen LogP contribution in [0.5, 0.6) is 0 Å². The van der Waals surface area contributed by atoms with E-state index in [2.05, 4.69) is 43.4 Å². The molecule has 1 fully saturated rings. The molecule has 92 valence electrons. The van der Waals surface area contributed by atoms with Crippen LogP contribution in [0.1, 0.15) is 26.2 Å². The van der Waals surface area contributed by atoms with Gasteiger partial charge in [0.25, 0.3) is 0 Å². The van der Waals surface area contributed by atoms with E-state index in [1.165, 1.54) is 35.3 Å². The van der Waals surface area contributed by atoms with Crippen LogP contribution in [-0.4, -0.2) is 6.10 Å². The van der Waals surface area contributed by atoms with Crippen molar-refractivity contribution in [3.63, 3.8) is 0 Å². The largest absolute Gasteiger partial charge is 0.489 e. The zero-order valence-corrected chi connectivity index (χ0v) is 10.7. The molecule has 0 aromatic heterocycles. The van der Waals surface area contributed by atoms with E-state index in [4.69, 9.17) is 4.74 Å². The first-order valence-electron chi connectivity index (χ1n) is 6.96. The second-order valence-corrected chi connectivity index (χ2v) is 5.69. The Morgan fingerprint density at radius 2 is 2.11 bits per heavy atom. The quantitative estimate of drug-likeness (QED) is 0.618. The van der Waals surface area contributed by atoms with Gasteiger partial charge in [-0.25, -0.2) is 0 Å². The lowest BCUT2D eigenvalue weighted by Gasteiger charge is -2.27. The third kappa shape index (κ3) is 1.33.